The molecule has 3 amide bonds. The average Bonchev–Trinajstić information content (AvgIpc) is 3.49. The van der Waals surface area contributed by atoms with Crippen LogP contribution in [-0.2, 0) is 24.1 Å². The lowest BCUT2D eigenvalue weighted by Gasteiger charge is -2.25. The van der Waals surface area contributed by atoms with Crippen LogP contribution < -0.4 is 16.0 Å². The summed E-state index contributed by atoms with van der Waals surface area (Å²) in [5.74, 6) is 0.218. The van der Waals surface area contributed by atoms with Gasteiger partial charge in [-0.25, -0.2) is 19.7 Å². The number of fused-ring (bicyclic) bond motifs is 3. The molecule has 1 fully saturated rings. The lowest BCUT2D eigenvalue weighted by molar-refractivity contribution is -0.122. The zero-order valence-corrected chi connectivity index (χ0v) is 21.4. The van der Waals surface area contributed by atoms with Crippen LogP contribution in [0, 0.1) is 5.92 Å². The Morgan fingerprint density at radius 1 is 1.17 bits per heavy atom. The standard InChI is InChI=1S/C26H31N7O2S/c1-3-32(4-2)24-28-15-18-10-11-19-22(20(18)30-24)36-25(29-19)31-26(35)33-13-12-17(21(33)23(27)34)14-16-8-6-5-7-9-16/h5-9,15,17,21H,3-4,10-14H2,1-2H3,(H2,27,34)(H,29,31,35)/t17-,21+/m1/s1. The summed E-state index contributed by atoms with van der Waals surface area (Å²) in [6.07, 6.45) is 4.92. The highest BCUT2D eigenvalue weighted by Gasteiger charge is 2.41. The van der Waals surface area contributed by atoms with Crippen LogP contribution in [0.3, 0.4) is 0 Å². The molecule has 0 bridgehead atoms. The number of thiazole rings is 1. The Kier molecular flexibility index (Phi) is 6.86. The van der Waals surface area contributed by atoms with Gasteiger partial charge in [-0.15, -0.1) is 0 Å². The van der Waals surface area contributed by atoms with Gasteiger partial charge in [0, 0.05) is 25.8 Å². The highest BCUT2D eigenvalue weighted by Crippen LogP contribution is 2.39. The maximum atomic E-state index is 13.2. The molecule has 188 valence electrons. The largest absolute Gasteiger partial charge is 0.368 e. The summed E-state index contributed by atoms with van der Waals surface area (Å²) in [6.45, 7) is 6.30. The van der Waals surface area contributed by atoms with E-state index >= 15 is 0 Å². The minimum absolute atomic E-state index is 0.0118. The van der Waals surface area contributed by atoms with Crippen LogP contribution in [0.1, 0.15) is 37.1 Å². The van der Waals surface area contributed by atoms with Crippen LogP contribution >= 0.6 is 11.3 Å². The van der Waals surface area contributed by atoms with Gasteiger partial charge in [-0.05, 0) is 56.6 Å². The predicted octanol–water partition coefficient (Wildman–Crippen LogP) is 3.50. The van der Waals surface area contributed by atoms with Gasteiger partial charge >= 0.3 is 6.03 Å². The summed E-state index contributed by atoms with van der Waals surface area (Å²) in [4.78, 5) is 44.4. The molecule has 5 rings (SSSR count). The number of primary amides is 1. The molecule has 9 nitrogen and oxygen atoms in total. The number of rotatable bonds is 7. The summed E-state index contributed by atoms with van der Waals surface area (Å²) < 4.78 is 0. The van der Waals surface area contributed by atoms with Gasteiger partial charge < -0.3 is 15.5 Å². The monoisotopic (exact) mass is 505 g/mol. The second-order valence-electron chi connectivity index (χ2n) is 9.22. The number of aryl methyl sites for hydroxylation is 2. The van der Waals surface area contributed by atoms with Crippen molar-refractivity contribution in [1.29, 1.82) is 0 Å². The fraction of sp³-hybridized carbons (Fsp3) is 0.423. The Labute approximate surface area is 214 Å². The van der Waals surface area contributed by atoms with Crippen LogP contribution in [0.25, 0.3) is 10.6 Å². The van der Waals surface area contributed by atoms with Crippen molar-refractivity contribution in [3.63, 3.8) is 0 Å². The zero-order chi connectivity index (χ0) is 25.2. The summed E-state index contributed by atoms with van der Waals surface area (Å²) in [7, 11) is 0. The van der Waals surface area contributed by atoms with E-state index in [0.29, 0.717) is 24.0 Å². The molecule has 1 aromatic carbocycles. The minimum atomic E-state index is -0.648. The van der Waals surface area contributed by atoms with Crippen LogP contribution in [0.15, 0.2) is 36.5 Å². The zero-order valence-electron chi connectivity index (χ0n) is 20.6. The number of benzene rings is 1. The smallest absolute Gasteiger partial charge is 0.324 e. The topological polar surface area (TPSA) is 117 Å². The van der Waals surface area contributed by atoms with Gasteiger partial charge in [-0.3, -0.25) is 10.1 Å². The van der Waals surface area contributed by atoms with Crippen LogP contribution in [0.2, 0.25) is 0 Å². The van der Waals surface area contributed by atoms with E-state index in [4.69, 9.17) is 15.7 Å². The van der Waals surface area contributed by atoms with Crippen molar-refractivity contribution >= 4 is 34.4 Å². The van der Waals surface area contributed by atoms with Crippen molar-refractivity contribution in [1.82, 2.24) is 19.9 Å². The summed E-state index contributed by atoms with van der Waals surface area (Å²) in [5, 5.41) is 3.44. The molecule has 2 aliphatic rings. The van der Waals surface area contributed by atoms with E-state index < -0.39 is 11.9 Å². The van der Waals surface area contributed by atoms with E-state index in [2.05, 4.69) is 29.0 Å². The van der Waals surface area contributed by atoms with Gasteiger partial charge in [0.1, 0.15) is 6.04 Å². The van der Waals surface area contributed by atoms with Gasteiger partial charge in [0.2, 0.25) is 11.9 Å². The van der Waals surface area contributed by atoms with E-state index in [-0.39, 0.29) is 11.9 Å². The SMILES string of the molecule is CCN(CC)c1ncc2c(n1)-c1sc(NC(=O)N3CC[C@H](Cc4ccccc4)[C@H]3C(N)=O)nc1CC2. The van der Waals surface area contributed by atoms with Crippen molar-refractivity contribution < 1.29 is 9.59 Å². The molecule has 3 aromatic rings. The Morgan fingerprint density at radius 2 is 1.94 bits per heavy atom. The molecule has 36 heavy (non-hydrogen) atoms. The second-order valence-corrected chi connectivity index (χ2v) is 10.2. The highest BCUT2D eigenvalue weighted by molar-refractivity contribution is 7.19. The maximum absolute atomic E-state index is 13.2. The van der Waals surface area contributed by atoms with Gasteiger partial charge in [0.05, 0.1) is 16.3 Å². The first-order chi connectivity index (χ1) is 17.5. The van der Waals surface area contributed by atoms with Crippen molar-refractivity contribution in [2.45, 2.75) is 45.6 Å². The Balaban J connectivity index is 1.34. The molecule has 1 aliphatic heterocycles. The fourth-order valence-corrected chi connectivity index (χ4v) is 6.24. The third-order valence-electron chi connectivity index (χ3n) is 7.07. The van der Waals surface area contributed by atoms with Crippen molar-refractivity contribution in [2.75, 3.05) is 29.9 Å². The van der Waals surface area contributed by atoms with E-state index in [1.54, 1.807) is 4.90 Å². The summed E-state index contributed by atoms with van der Waals surface area (Å²) in [6, 6.07) is 9.00. The second kappa shape index (κ2) is 10.2. The number of nitrogens with one attached hydrogen (secondary N) is 1. The summed E-state index contributed by atoms with van der Waals surface area (Å²) >= 11 is 1.42. The molecule has 3 N–H and O–H groups in total. The molecule has 10 heteroatoms. The third-order valence-corrected chi connectivity index (χ3v) is 8.09. The first kappa shape index (κ1) is 24.2. The number of carbonyl (C=O) groups excluding carboxylic acids is 2. The normalized spacial score (nSPS) is 18.4. The molecule has 3 heterocycles. The lowest BCUT2D eigenvalue weighted by atomic mass is 9.92. The molecule has 0 saturated carbocycles. The number of hydrogen-bond donors (Lipinski definition) is 2. The van der Waals surface area contributed by atoms with Crippen molar-refractivity contribution in [3.05, 3.63) is 53.3 Å². The Bertz CT molecular complexity index is 1260. The third kappa shape index (κ3) is 4.65. The molecular weight excluding hydrogens is 474 g/mol. The Morgan fingerprint density at radius 3 is 2.67 bits per heavy atom. The van der Waals surface area contributed by atoms with Gasteiger partial charge in [0.15, 0.2) is 5.13 Å². The highest BCUT2D eigenvalue weighted by atomic mass is 32.1. The number of nitrogens with zero attached hydrogens (tertiary/aromatic N) is 5. The number of anilines is 2. The number of carbonyl (C=O) groups is 2. The van der Waals surface area contributed by atoms with E-state index in [1.807, 2.05) is 36.5 Å². The van der Waals surface area contributed by atoms with Crippen molar-refractivity contribution in [2.24, 2.45) is 11.7 Å². The van der Waals surface area contributed by atoms with Gasteiger partial charge in [-0.1, -0.05) is 41.7 Å². The van der Waals surface area contributed by atoms with Crippen LogP contribution in [0.4, 0.5) is 15.9 Å². The van der Waals surface area contributed by atoms with Crippen LogP contribution in [-0.4, -0.2) is 57.5 Å². The van der Waals surface area contributed by atoms with E-state index in [1.165, 1.54) is 11.3 Å². The van der Waals surface area contributed by atoms with Gasteiger partial charge in [0.25, 0.3) is 0 Å². The first-order valence-electron chi connectivity index (χ1n) is 12.5. The molecule has 1 saturated heterocycles. The van der Waals surface area contributed by atoms with E-state index in [9.17, 15) is 9.59 Å². The number of likely N-dealkylation sites (tertiary alicyclic amines) is 1. The van der Waals surface area contributed by atoms with E-state index in [0.717, 1.165) is 59.7 Å². The molecule has 1 aliphatic carbocycles. The average molecular weight is 506 g/mol. The van der Waals surface area contributed by atoms with Gasteiger partial charge in [-0.2, -0.15) is 0 Å². The molecule has 2 atom stereocenters. The molecular formula is C26H31N7O2S. The molecule has 2 aromatic heterocycles. The fourth-order valence-electron chi connectivity index (χ4n) is 5.21. The lowest BCUT2D eigenvalue weighted by Crippen LogP contribution is -2.48. The molecule has 0 unspecified atom stereocenters. The molecule has 0 spiro atoms. The minimum Gasteiger partial charge on any atom is -0.368 e. The summed E-state index contributed by atoms with van der Waals surface area (Å²) in [5.41, 5.74) is 9.82. The quantitative estimate of drug-likeness (QED) is 0.508. The number of amides is 3. The number of urea groups is 1. The number of nitrogens with two attached hydrogens (primary N) is 1. The predicted molar refractivity (Wildman–Crippen MR) is 141 cm³/mol. The van der Waals surface area contributed by atoms with Crippen molar-refractivity contribution in [3.8, 4) is 10.6 Å². The number of aromatic nitrogens is 3. The molecule has 0 radical (unpaired) electrons. The van der Waals surface area contributed by atoms with Crippen LogP contribution in [0.5, 0.6) is 0 Å². The Hall–Kier alpha value is -3.53. The first-order valence-corrected chi connectivity index (χ1v) is 13.3. The maximum Gasteiger partial charge on any atom is 0.324 e. The number of hydrogen-bond acceptors (Lipinski definition) is 7.